The predicted molar refractivity (Wildman–Crippen MR) is 65.8 cm³/mol. The highest BCUT2D eigenvalue weighted by atomic mass is 16.5. The number of unbranched alkanes of at least 4 members (excludes halogenated alkanes) is 4. The second kappa shape index (κ2) is 7.76. The molecule has 94 valence electrons. The molecule has 17 heavy (non-hydrogen) atoms. The monoisotopic (exact) mass is 236 g/mol. The molecule has 0 amide bonds. The van der Waals surface area contributed by atoms with Gasteiger partial charge in [0.2, 0.25) is 5.88 Å². The van der Waals surface area contributed by atoms with Crippen molar-refractivity contribution in [2.75, 3.05) is 0 Å². The van der Waals surface area contributed by atoms with Crippen molar-refractivity contribution in [3.63, 3.8) is 0 Å². The molecular formula is C13H20N2O2. The van der Waals surface area contributed by atoms with Crippen molar-refractivity contribution in [3.05, 3.63) is 17.8 Å². The number of ether oxygens (including phenoxy) is 1. The van der Waals surface area contributed by atoms with Crippen LogP contribution >= 0.6 is 0 Å². The Morgan fingerprint density at radius 1 is 1.18 bits per heavy atom. The van der Waals surface area contributed by atoms with E-state index in [0.29, 0.717) is 6.42 Å². The maximum atomic E-state index is 11.4. The van der Waals surface area contributed by atoms with E-state index in [1.807, 2.05) is 6.92 Å². The first kappa shape index (κ1) is 13.6. The van der Waals surface area contributed by atoms with Crippen LogP contribution in [-0.2, 0) is 4.79 Å². The van der Waals surface area contributed by atoms with Crippen molar-refractivity contribution in [2.45, 2.75) is 52.4 Å². The van der Waals surface area contributed by atoms with Crippen molar-refractivity contribution in [3.8, 4) is 5.88 Å². The summed E-state index contributed by atoms with van der Waals surface area (Å²) in [5.74, 6) is 0.0637. The number of carbonyl (C=O) groups is 1. The van der Waals surface area contributed by atoms with Gasteiger partial charge in [-0.05, 0) is 19.4 Å². The molecule has 0 fully saturated rings. The molecule has 4 heteroatoms. The molecule has 0 aliphatic rings. The van der Waals surface area contributed by atoms with Gasteiger partial charge in [-0.25, -0.2) is 0 Å². The molecule has 1 rings (SSSR count). The highest BCUT2D eigenvalue weighted by Crippen LogP contribution is 2.09. The smallest absolute Gasteiger partial charge is 0.312 e. The third-order valence-corrected chi connectivity index (χ3v) is 2.48. The van der Waals surface area contributed by atoms with Gasteiger partial charge in [0.25, 0.3) is 0 Å². The van der Waals surface area contributed by atoms with Crippen LogP contribution < -0.4 is 4.74 Å². The molecule has 1 heterocycles. The van der Waals surface area contributed by atoms with Gasteiger partial charge in [-0.1, -0.05) is 32.6 Å². The minimum Gasteiger partial charge on any atom is -0.406 e. The maximum Gasteiger partial charge on any atom is 0.312 e. The Hall–Kier alpha value is -1.45. The zero-order valence-corrected chi connectivity index (χ0v) is 10.6. The molecule has 0 saturated carbocycles. The van der Waals surface area contributed by atoms with Crippen molar-refractivity contribution in [1.82, 2.24) is 10.2 Å². The van der Waals surface area contributed by atoms with Gasteiger partial charge in [0.1, 0.15) is 0 Å². The number of rotatable bonds is 7. The normalized spacial score (nSPS) is 10.2. The Morgan fingerprint density at radius 2 is 1.94 bits per heavy atom. The van der Waals surface area contributed by atoms with E-state index in [2.05, 4.69) is 17.1 Å². The van der Waals surface area contributed by atoms with Gasteiger partial charge in [0.15, 0.2) is 0 Å². The summed E-state index contributed by atoms with van der Waals surface area (Å²) >= 11 is 0. The van der Waals surface area contributed by atoms with Crippen molar-refractivity contribution < 1.29 is 9.53 Å². The Morgan fingerprint density at radius 3 is 2.59 bits per heavy atom. The maximum absolute atomic E-state index is 11.4. The summed E-state index contributed by atoms with van der Waals surface area (Å²) in [6, 6.07) is 3.44. The molecule has 1 aromatic heterocycles. The number of carbonyl (C=O) groups excluding carboxylic acids is 1. The lowest BCUT2D eigenvalue weighted by Gasteiger charge is -2.02. The lowest BCUT2D eigenvalue weighted by molar-refractivity contribution is -0.134. The number of aryl methyl sites for hydroxylation is 1. The molecule has 4 nitrogen and oxygen atoms in total. The highest BCUT2D eigenvalue weighted by molar-refractivity contribution is 5.71. The molecule has 0 N–H and O–H groups in total. The molecule has 0 aliphatic heterocycles. The van der Waals surface area contributed by atoms with Crippen LogP contribution in [0.5, 0.6) is 5.88 Å². The van der Waals surface area contributed by atoms with E-state index in [0.717, 1.165) is 18.5 Å². The zero-order valence-electron chi connectivity index (χ0n) is 10.6. The van der Waals surface area contributed by atoms with E-state index < -0.39 is 0 Å². The minimum atomic E-state index is -0.223. The number of hydrogen-bond acceptors (Lipinski definition) is 4. The average molecular weight is 236 g/mol. The van der Waals surface area contributed by atoms with E-state index in [1.54, 1.807) is 12.1 Å². The molecule has 0 aromatic carbocycles. The topological polar surface area (TPSA) is 52.1 Å². The van der Waals surface area contributed by atoms with Crippen LogP contribution in [-0.4, -0.2) is 16.2 Å². The first-order valence-electron chi connectivity index (χ1n) is 6.23. The molecule has 0 unspecified atom stereocenters. The van der Waals surface area contributed by atoms with E-state index >= 15 is 0 Å². The molecule has 0 spiro atoms. The summed E-state index contributed by atoms with van der Waals surface area (Å²) in [7, 11) is 0. The minimum absolute atomic E-state index is 0.223. The van der Waals surface area contributed by atoms with Crippen LogP contribution in [0.2, 0.25) is 0 Å². The fraction of sp³-hybridized carbons (Fsp3) is 0.615. The Bertz CT molecular complexity index is 336. The van der Waals surface area contributed by atoms with Gasteiger partial charge in [0, 0.05) is 12.5 Å². The SMILES string of the molecule is CCCCCCCC(=O)Oc1ccc(C)nn1. The van der Waals surface area contributed by atoms with Gasteiger partial charge in [-0.2, -0.15) is 5.10 Å². The quantitative estimate of drug-likeness (QED) is 0.539. The lowest BCUT2D eigenvalue weighted by atomic mass is 10.1. The predicted octanol–water partition coefficient (Wildman–Crippen LogP) is 3.05. The average Bonchev–Trinajstić information content (AvgIpc) is 2.32. The summed E-state index contributed by atoms with van der Waals surface area (Å²) in [4.78, 5) is 11.4. The number of aromatic nitrogens is 2. The number of hydrogen-bond donors (Lipinski definition) is 0. The Balaban J connectivity index is 2.18. The standard InChI is InChI=1S/C13H20N2O2/c1-3-4-5-6-7-8-13(16)17-12-10-9-11(2)14-15-12/h9-10H,3-8H2,1-2H3. The fourth-order valence-corrected chi connectivity index (χ4v) is 1.48. The molecule has 0 saturated heterocycles. The van der Waals surface area contributed by atoms with Crippen molar-refractivity contribution in [1.29, 1.82) is 0 Å². The van der Waals surface area contributed by atoms with Crippen LogP contribution in [0.15, 0.2) is 12.1 Å². The molecular weight excluding hydrogens is 216 g/mol. The van der Waals surface area contributed by atoms with Crippen molar-refractivity contribution in [2.24, 2.45) is 0 Å². The number of esters is 1. The second-order valence-electron chi connectivity index (χ2n) is 4.15. The van der Waals surface area contributed by atoms with E-state index in [4.69, 9.17) is 4.74 Å². The summed E-state index contributed by atoms with van der Waals surface area (Å²) in [5, 5.41) is 7.61. The third-order valence-electron chi connectivity index (χ3n) is 2.48. The van der Waals surface area contributed by atoms with Gasteiger partial charge in [-0.15, -0.1) is 5.10 Å². The zero-order chi connectivity index (χ0) is 12.5. The first-order valence-corrected chi connectivity index (χ1v) is 6.23. The van der Waals surface area contributed by atoms with Crippen LogP contribution in [0.3, 0.4) is 0 Å². The molecule has 1 aromatic rings. The summed E-state index contributed by atoms with van der Waals surface area (Å²) in [6.45, 7) is 4.01. The van der Waals surface area contributed by atoms with E-state index in [1.165, 1.54) is 19.3 Å². The van der Waals surface area contributed by atoms with Crippen LogP contribution in [0, 0.1) is 6.92 Å². The summed E-state index contributed by atoms with van der Waals surface area (Å²) in [5.41, 5.74) is 0.810. The summed E-state index contributed by atoms with van der Waals surface area (Å²) in [6.07, 6.45) is 6.07. The molecule has 0 bridgehead atoms. The first-order chi connectivity index (χ1) is 8.22. The summed E-state index contributed by atoms with van der Waals surface area (Å²) < 4.78 is 5.06. The second-order valence-corrected chi connectivity index (χ2v) is 4.15. The Labute approximate surface area is 102 Å². The van der Waals surface area contributed by atoms with E-state index in [9.17, 15) is 4.79 Å². The van der Waals surface area contributed by atoms with Gasteiger partial charge < -0.3 is 4.74 Å². The molecule has 0 aliphatic carbocycles. The fourth-order valence-electron chi connectivity index (χ4n) is 1.48. The molecule has 0 atom stereocenters. The van der Waals surface area contributed by atoms with Gasteiger partial charge >= 0.3 is 5.97 Å². The van der Waals surface area contributed by atoms with Crippen molar-refractivity contribution >= 4 is 5.97 Å². The highest BCUT2D eigenvalue weighted by Gasteiger charge is 2.05. The largest absolute Gasteiger partial charge is 0.406 e. The molecule has 0 radical (unpaired) electrons. The van der Waals surface area contributed by atoms with Crippen LogP contribution in [0.25, 0.3) is 0 Å². The van der Waals surface area contributed by atoms with Crippen LogP contribution in [0.1, 0.15) is 51.1 Å². The third kappa shape index (κ3) is 6.00. The number of nitrogens with zero attached hydrogens (tertiary/aromatic N) is 2. The van der Waals surface area contributed by atoms with Crippen LogP contribution in [0.4, 0.5) is 0 Å². The van der Waals surface area contributed by atoms with E-state index in [-0.39, 0.29) is 11.8 Å². The Kier molecular flexibility index (Phi) is 6.22. The van der Waals surface area contributed by atoms with Gasteiger partial charge in [0.05, 0.1) is 5.69 Å². The lowest BCUT2D eigenvalue weighted by Crippen LogP contribution is -2.09. The van der Waals surface area contributed by atoms with Gasteiger partial charge in [-0.3, -0.25) is 4.79 Å².